The Balaban J connectivity index is 0.000000127. The third kappa shape index (κ3) is 10.6. The molecule has 0 saturated carbocycles. The Morgan fingerprint density at radius 3 is 1.27 bits per heavy atom. The fourth-order valence-corrected chi connectivity index (χ4v) is 10.6. The van der Waals surface area contributed by atoms with Crippen LogP contribution < -0.4 is 18.3 Å². The van der Waals surface area contributed by atoms with Gasteiger partial charge in [0.25, 0.3) is 0 Å². The van der Waals surface area contributed by atoms with Gasteiger partial charge in [0.2, 0.25) is 22.8 Å². The van der Waals surface area contributed by atoms with Gasteiger partial charge in [0, 0.05) is 79.7 Å². The maximum atomic E-state index is 8.43. The summed E-state index contributed by atoms with van der Waals surface area (Å²) >= 11 is 0. The van der Waals surface area contributed by atoms with Gasteiger partial charge in [0.1, 0.15) is 28.2 Å². The van der Waals surface area contributed by atoms with Crippen LogP contribution in [0.3, 0.4) is 0 Å². The number of hydrogen-bond donors (Lipinski definition) is 0. The van der Waals surface area contributed by atoms with Crippen molar-refractivity contribution in [2.45, 2.75) is 117 Å². The van der Waals surface area contributed by atoms with Gasteiger partial charge in [-0.1, -0.05) is 72.8 Å². The number of aryl methyl sites for hydroxylation is 14. The number of hydrogen-bond acceptors (Lipinski definition) is 0. The Morgan fingerprint density at radius 2 is 0.743 bits per heavy atom. The number of nitrogens with zero attached hydrogens (tertiary/aromatic N) is 4. The minimum atomic E-state index is -1.52. The van der Waals surface area contributed by atoms with E-state index >= 15 is 0 Å². The van der Waals surface area contributed by atoms with Crippen molar-refractivity contribution in [2.75, 3.05) is 0 Å². The molecule has 0 fully saturated rings. The molecule has 0 unspecified atom stereocenters. The molecule has 70 heavy (non-hydrogen) atoms. The fourth-order valence-electron chi connectivity index (χ4n) is 10.6. The van der Waals surface area contributed by atoms with E-state index in [0.717, 1.165) is 69.7 Å². The van der Waals surface area contributed by atoms with Crippen LogP contribution in [0.4, 0.5) is 0 Å². The normalized spacial score (nSPS) is 18.6. The Morgan fingerprint density at radius 1 is 0.343 bits per heavy atom. The van der Waals surface area contributed by atoms with Crippen LogP contribution in [-0.2, 0) is 79.4 Å². The first-order valence-electron chi connectivity index (χ1n) is 29.3. The summed E-state index contributed by atoms with van der Waals surface area (Å²) in [6.07, 6.45) is 11.0. The predicted octanol–water partition coefficient (Wildman–Crippen LogP) is 12.7. The summed E-state index contributed by atoms with van der Waals surface area (Å²) in [5, 5.41) is 0. The van der Waals surface area contributed by atoms with Gasteiger partial charge >= 0.3 is 0 Å². The third-order valence-corrected chi connectivity index (χ3v) is 14.5. The highest BCUT2D eigenvalue weighted by molar-refractivity contribution is 5.67. The highest BCUT2D eigenvalue weighted by Gasteiger charge is 2.26. The van der Waals surface area contributed by atoms with E-state index in [1.54, 1.807) is 17.2 Å². The van der Waals surface area contributed by atoms with E-state index < -0.39 is 25.5 Å². The molecule has 4 heteroatoms. The summed E-state index contributed by atoms with van der Waals surface area (Å²) in [5.74, 6) is 0. The third-order valence-electron chi connectivity index (χ3n) is 14.5. The molecule has 0 bridgehead atoms. The highest BCUT2D eigenvalue weighted by Crippen LogP contribution is 2.33. The smallest absolute Gasteiger partial charge is 0.201 e. The minimum absolute atomic E-state index is 0.204. The quantitative estimate of drug-likeness (QED) is 0.156. The largest absolute Gasteiger partial charge is 0.216 e. The fraction of sp³-hybridized carbons (Fsp3) is 0.333. The topological polar surface area (TPSA) is 15.5 Å². The first kappa shape index (κ1) is 39.2. The Bertz CT molecular complexity index is 3550. The number of pyridine rings is 4. The molecule has 356 valence electrons. The van der Waals surface area contributed by atoms with Gasteiger partial charge < -0.3 is 0 Å². The number of fused-ring (bicyclic) bond motifs is 4. The molecule has 0 saturated heterocycles. The molecule has 4 aromatic carbocycles. The lowest BCUT2D eigenvalue weighted by Crippen LogP contribution is -2.33. The number of benzene rings is 4. The summed E-state index contributed by atoms with van der Waals surface area (Å²) in [7, 11) is 8.13. The van der Waals surface area contributed by atoms with Crippen molar-refractivity contribution in [1.82, 2.24) is 0 Å². The van der Waals surface area contributed by atoms with Gasteiger partial charge in [-0.2, -0.15) is 0 Å². The van der Waals surface area contributed by atoms with E-state index in [-0.39, 0.29) is 12.8 Å². The molecule has 4 nitrogen and oxygen atoms in total. The van der Waals surface area contributed by atoms with Crippen LogP contribution in [-0.4, -0.2) is 0 Å². The van der Waals surface area contributed by atoms with Gasteiger partial charge in [-0.3, -0.25) is 0 Å². The molecule has 0 atom stereocenters. The summed E-state index contributed by atoms with van der Waals surface area (Å²) in [4.78, 5) is 0. The van der Waals surface area contributed by atoms with Gasteiger partial charge in [-0.15, -0.1) is 0 Å². The second kappa shape index (κ2) is 22.1. The molecule has 4 aliphatic rings. The molecule has 4 aromatic heterocycles. The molecule has 0 radical (unpaired) electrons. The molecule has 0 aliphatic heterocycles. The highest BCUT2D eigenvalue weighted by atomic mass is 14.9. The predicted molar refractivity (Wildman–Crippen MR) is 288 cm³/mol. The Kier molecular flexibility index (Phi) is 12.4. The first-order valence-corrected chi connectivity index (χ1v) is 25.3. The van der Waals surface area contributed by atoms with Crippen molar-refractivity contribution < 1.29 is 29.2 Å². The summed E-state index contributed by atoms with van der Waals surface area (Å²) in [5.41, 5.74) is 22.1. The van der Waals surface area contributed by atoms with E-state index in [0.29, 0.717) is 24.0 Å². The Labute approximate surface area is 431 Å². The van der Waals surface area contributed by atoms with Gasteiger partial charge in [0.05, 0.1) is 0 Å². The van der Waals surface area contributed by atoms with Gasteiger partial charge in [-0.05, 0) is 186 Å². The molecule has 8 aromatic rings. The number of aromatic nitrogens is 4. The van der Waals surface area contributed by atoms with Crippen LogP contribution in [0.15, 0.2) is 146 Å². The van der Waals surface area contributed by atoms with E-state index in [1.165, 1.54) is 58.3 Å². The van der Waals surface area contributed by atoms with E-state index in [9.17, 15) is 0 Å². The molecule has 0 spiro atoms. The van der Waals surface area contributed by atoms with E-state index in [1.807, 2.05) is 93.4 Å². The van der Waals surface area contributed by atoms with Crippen LogP contribution in [0, 0.1) is 27.7 Å². The molecular weight excluding hydrogens is 849 g/mol. The van der Waals surface area contributed by atoms with Crippen LogP contribution in [0.25, 0.3) is 45.0 Å². The molecule has 4 aliphatic carbocycles. The van der Waals surface area contributed by atoms with Crippen molar-refractivity contribution in [3.05, 3.63) is 213 Å². The van der Waals surface area contributed by atoms with Crippen LogP contribution in [0.2, 0.25) is 0 Å². The zero-order chi connectivity index (χ0) is 55.9. The van der Waals surface area contributed by atoms with Crippen molar-refractivity contribution in [3.63, 3.8) is 0 Å². The maximum absolute atomic E-state index is 8.43. The molecule has 12 rings (SSSR count). The Hall–Kier alpha value is -6.52. The summed E-state index contributed by atoms with van der Waals surface area (Å²) in [6.45, 7) is 8.39. The van der Waals surface area contributed by atoms with Crippen LogP contribution in [0.5, 0.6) is 0 Å². The first-order chi connectivity index (χ1) is 37.0. The monoisotopic (exact) mass is 933 g/mol. The van der Waals surface area contributed by atoms with E-state index in [2.05, 4.69) is 121 Å². The zero-order valence-corrected chi connectivity index (χ0v) is 42.7. The SMILES string of the molecule is Cc1ccccc1-c1c2c(cc[n+]1C)CCC2.[2H]C1([2H])CCC([2H])([2H])c2c1cc[n+](C)c2-c1ccccc1C.[2H]C1([2H])CCCc2c[n+](C)c(-c3ccccc3C)cc21.[2H]C1([2H])CCc2c[n+](C)c(-c3ccccc3C)cc21. The van der Waals surface area contributed by atoms with Crippen LogP contribution >= 0.6 is 0 Å². The average molecular weight is 933 g/mol. The second-order valence-corrected chi connectivity index (χ2v) is 19.4. The maximum Gasteiger partial charge on any atom is 0.216 e. The average Bonchev–Trinajstić information content (AvgIpc) is 4.12. The second-order valence-electron chi connectivity index (χ2n) is 19.4. The molecule has 4 heterocycles. The van der Waals surface area contributed by atoms with Crippen molar-refractivity contribution in [3.8, 4) is 45.0 Å². The molecule has 0 amide bonds. The van der Waals surface area contributed by atoms with Crippen LogP contribution in [0.1, 0.15) is 116 Å². The van der Waals surface area contributed by atoms with Crippen molar-refractivity contribution in [2.24, 2.45) is 28.2 Å². The van der Waals surface area contributed by atoms with Crippen molar-refractivity contribution >= 4 is 0 Å². The molecular formula is C66H76N4+4. The van der Waals surface area contributed by atoms with Crippen molar-refractivity contribution in [1.29, 1.82) is 0 Å². The molecule has 0 N–H and O–H groups in total. The van der Waals surface area contributed by atoms with Gasteiger partial charge in [0.15, 0.2) is 24.8 Å². The summed E-state index contributed by atoms with van der Waals surface area (Å²) in [6, 6.07) is 41.2. The number of rotatable bonds is 4. The summed E-state index contributed by atoms with van der Waals surface area (Å²) < 4.78 is 74.5. The van der Waals surface area contributed by atoms with E-state index in [4.69, 9.17) is 11.0 Å². The minimum Gasteiger partial charge on any atom is -0.201 e. The zero-order valence-electron chi connectivity index (χ0n) is 50.7. The lowest BCUT2D eigenvalue weighted by atomic mass is 9.88. The lowest BCUT2D eigenvalue weighted by Gasteiger charge is -2.17. The van der Waals surface area contributed by atoms with Gasteiger partial charge in [-0.25, -0.2) is 18.3 Å². The standard InChI is InChI=1S/2C17H20N.2C16H18N/c1-13-7-3-6-10-16(13)17-11-14-8-4-5-9-15(14)12-18(17)2;1-13-7-3-5-9-15(13)17-16-10-6-4-8-14(16)11-12-18(17)2;1-12-6-3-4-9-15(12)16-10-13-7-5-8-14(13)11-17(16)2;1-12-6-3-4-8-14(12)16-15-9-5-7-13(15)10-11-17(16)2/h3,6-7,10-12H,4-5,8-9H2,1-2H3;3,5,7,9,11-12H,4,6,8,10H2,1-2H3;3-4,6,9-11H,5,7-8H2,1-2H3;3-4,6,8,10-11H,5,7,9H2,1-2H3/q4*+1/i8D2;8D2,10D2;7D2;. The lowest BCUT2D eigenvalue weighted by molar-refractivity contribution is -0.661.